The van der Waals surface area contributed by atoms with Gasteiger partial charge in [0.15, 0.2) is 17.0 Å². The number of imidazole rings is 1. The lowest BCUT2D eigenvalue weighted by Gasteiger charge is -2.13. The fraction of sp³-hybridized carbons (Fsp3) is 0.467. The highest BCUT2D eigenvalue weighted by atomic mass is 16.5. The van der Waals surface area contributed by atoms with Crippen molar-refractivity contribution in [3.63, 3.8) is 0 Å². The van der Waals surface area contributed by atoms with Crippen LogP contribution in [0.1, 0.15) is 25.5 Å². The van der Waals surface area contributed by atoms with E-state index in [0.717, 1.165) is 0 Å². The Hall–Kier alpha value is -2.36. The average molecular weight is 333 g/mol. The first-order valence-corrected chi connectivity index (χ1v) is 7.66. The van der Waals surface area contributed by atoms with Gasteiger partial charge in [0.2, 0.25) is 5.91 Å². The highest BCUT2D eigenvalue weighted by molar-refractivity contribution is 5.96. The Bertz CT molecular complexity index is 747. The molecule has 24 heavy (non-hydrogen) atoms. The van der Waals surface area contributed by atoms with Crippen molar-refractivity contribution < 1.29 is 19.7 Å². The predicted octanol–water partition coefficient (Wildman–Crippen LogP) is 0.372. The third kappa shape index (κ3) is 3.14. The lowest BCUT2D eigenvalue weighted by atomic mass is 10.2. The third-order valence-corrected chi connectivity index (χ3v) is 3.89. The van der Waals surface area contributed by atoms with Crippen molar-refractivity contribution in [2.75, 3.05) is 11.9 Å². The summed E-state index contributed by atoms with van der Waals surface area (Å²) in [6, 6.07) is 0. The standard InChI is InChI=1S/C15H19N5O4/c1-2-3-4-11(23)19-14-13-15(17-7-16-14)20(8-18-13)12-5-9(22)10(6-21)24-12/h2,7-10,12,21-22H,1,3-6H2,(H,16,17,19,23)/t9-,10+,12+/m0/s1. The highest BCUT2D eigenvalue weighted by Crippen LogP contribution is 2.31. The van der Waals surface area contributed by atoms with Gasteiger partial charge < -0.3 is 20.3 Å². The molecule has 128 valence electrons. The smallest absolute Gasteiger partial charge is 0.225 e. The molecule has 0 spiro atoms. The van der Waals surface area contributed by atoms with E-state index in [1.807, 2.05) is 0 Å². The van der Waals surface area contributed by atoms with E-state index < -0.39 is 18.4 Å². The summed E-state index contributed by atoms with van der Waals surface area (Å²) in [5.74, 6) is 0.141. The Labute approximate surface area is 138 Å². The van der Waals surface area contributed by atoms with Gasteiger partial charge in [-0.05, 0) is 6.42 Å². The minimum atomic E-state index is -0.752. The molecule has 3 heterocycles. The number of carbonyl (C=O) groups excluding carboxylic acids is 1. The molecular formula is C15H19N5O4. The van der Waals surface area contributed by atoms with Crippen LogP contribution in [-0.4, -0.2) is 54.5 Å². The predicted molar refractivity (Wildman–Crippen MR) is 85.0 cm³/mol. The Morgan fingerprint density at radius 1 is 1.50 bits per heavy atom. The van der Waals surface area contributed by atoms with E-state index in [0.29, 0.717) is 36.2 Å². The number of hydrogen-bond acceptors (Lipinski definition) is 7. The summed E-state index contributed by atoms with van der Waals surface area (Å²) in [6.07, 6.45) is 3.86. The first kappa shape index (κ1) is 16.5. The fourth-order valence-corrected chi connectivity index (χ4v) is 2.63. The van der Waals surface area contributed by atoms with Crippen LogP contribution in [0, 0.1) is 0 Å². The van der Waals surface area contributed by atoms with Gasteiger partial charge in [-0.1, -0.05) is 6.08 Å². The number of nitrogens with zero attached hydrogens (tertiary/aromatic N) is 4. The van der Waals surface area contributed by atoms with Crippen molar-refractivity contribution in [1.82, 2.24) is 19.5 Å². The lowest BCUT2D eigenvalue weighted by Crippen LogP contribution is -2.24. The topological polar surface area (TPSA) is 122 Å². The van der Waals surface area contributed by atoms with Crippen LogP contribution in [0.2, 0.25) is 0 Å². The number of aromatic nitrogens is 4. The van der Waals surface area contributed by atoms with Gasteiger partial charge in [-0.25, -0.2) is 15.0 Å². The van der Waals surface area contributed by atoms with Gasteiger partial charge in [-0.15, -0.1) is 6.58 Å². The summed E-state index contributed by atoms with van der Waals surface area (Å²) in [4.78, 5) is 24.4. The number of anilines is 1. The van der Waals surface area contributed by atoms with E-state index in [9.17, 15) is 15.0 Å². The second kappa shape index (κ2) is 7.04. The molecule has 0 radical (unpaired) electrons. The first-order chi connectivity index (χ1) is 11.6. The van der Waals surface area contributed by atoms with E-state index in [1.165, 1.54) is 12.7 Å². The number of nitrogens with one attached hydrogen (secondary N) is 1. The van der Waals surface area contributed by atoms with Crippen LogP contribution in [0.5, 0.6) is 0 Å². The molecule has 1 aliphatic rings. The van der Waals surface area contributed by atoms with Crippen LogP contribution >= 0.6 is 0 Å². The second-order valence-corrected chi connectivity index (χ2v) is 5.54. The van der Waals surface area contributed by atoms with Gasteiger partial charge >= 0.3 is 0 Å². The summed E-state index contributed by atoms with van der Waals surface area (Å²) >= 11 is 0. The number of hydrogen-bond donors (Lipinski definition) is 3. The molecule has 3 atom stereocenters. The number of amides is 1. The quantitative estimate of drug-likeness (QED) is 0.653. The van der Waals surface area contributed by atoms with E-state index in [-0.39, 0.29) is 12.5 Å². The molecule has 0 unspecified atom stereocenters. The number of fused-ring (bicyclic) bond motifs is 1. The lowest BCUT2D eigenvalue weighted by molar-refractivity contribution is -0.116. The summed E-state index contributed by atoms with van der Waals surface area (Å²) in [7, 11) is 0. The second-order valence-electron chi connectivity index (χ2n) is 5.54. The molecule has 1 fully saturated rings. The number of carbonyl (C=O) groups is 1. The SMILES string of the molecule is C=CCCC(=O)Nc1ncnc2c1ncn2[C@H]1C[C@H](O)[C@@H](CO)O1. The van der Waals surface area contributed by atoms with Gasteiger partial charge in [0, 0.05) is 12.8 Å². The van der Waals surface area contributed by atoms with Crippen LogP contribution in [0.15, 0.2) is 25.3 Å². The van der Waals surface area contributed by atoms with Crippen molar-refractivity contribution in [2.45, 2.75) is 37.7 Å². The number of aliphatic hydroxyl groups is 2. The monoisotopic (exact) mass is 333 g/mol. The molecule has 1 saturated heterocycles. The van der Waals surface area contributed by atoms with E-state index in [4.69, 9.17) is 4.74 Å². The zero-order valence-electron chi connectivity index (χ0n) is 13.0. The fourth-order valence-electron chi connectivity index (χ4n) is 2.63. The number of ether oxygens (including phenoxy) is 1. The van der Waals surface area contributed by atoms with E-state index in [2.05, 4.69) is 26.8 Å². The summed E-state index contributed by atoms with van der Waals surface area (Å²) in [6.45, 7) is 3.32. The molecule has 0 aliphatic carbocycles. The normalized spacial score (nSPS) is 23.5. The van der Waals surface area contributed by atoms with Crippen LogP contribution in [0.4, 0.5) is 5.82 Å². The molecule has 2 aromatic heterocycles. The van der Waals surface area contributed by atoms with Crippen LogP contribution in [0.25, 0.3) is 11.2 Å². The number of rotatable bonds is 6. The summed E-state index contributed by atoms with van der Waals surface area (Å²) in [5.41, 5.74) is 0.926. The minimum Gasteiger partial charge on any atom is -0.394 e. The van der Waals surface area contributed by atoms with Gasteiger partial charge in [-0.2, -0.15) is 0 Å². The Morgan fingerprint density at radius 2 is 2.33 bits per heavy atom. The van der Waals surface area contributed by atoms with Crippen molar-refractivity contribution in [1.29, 1.82) is 0 Å². The summed E-state index contributed by atoms with van der Waals surface area (Å²) < 4.78 is 7.28. The van der Waals surface area contributed by atoms with Gasteiger partial charge in [-0.3, -0.25) is 9.36 Å². The molecule has 0 bridgehead atoms. The highest BCUT2D eigenvalue weighted by Gasteiger charge is 2.35. The van der Waals surface area contributed by atoms with Crippen molar-refractivity contribution in [3.8, 4) is 0 Å². The van der Waals surface area contributed by atoms with Crippen molar-refractivity contribution in [3.05, 3.63) is 25.3 Å². The van der Waals surface area contributed by atoms with Gasteiger partial charge in [0.05, 0.1) is 19.0 Å². The molecule has 9 nitrogen and oxygen atoms in total. The molecular weight excluding hydrogens is 314 g/mol. The van der Waals surface area contributed by atoms with Gasteiger partial charge in [0.1, 0.15) is 18.7 Å². The molecule has 3 N–H and O–H groups in total. The summed E-state index contributed by atoms with van der Waals surface area (Å²) in [5, 5.41) is 21.8. The molecule has 9 heteroatoms. The Morgan fingerprint density at radius 3 is 3.04 bits per heavy atom. The minimum absolute atomic E-state index is 0.183. The third-order valence-electron chi connectivity index (χ3n) is 3.89. The van der Waals surface area contributed by atoms with E-state index >= 15 is 0 Å². The molecule has 1 amide bonds. The number of aliphatic hydroxyl groups excluding tert-OH is 2. The molecule has 2 aromatic rings. The first-order valence-electron chi connectivity index (χ1n) is 7.66. The maximum atomic E-state index is 11.9. The van der Waals surface area contributed by atoms with Crippen LogP contribution in [-0.2, 0) is 9.53 Å². The Kier molecular flexibility index (Phi) is 4.84. The largest absolute Gasteiger partial charge is 0.394 e. The zero-order valence-corrected chi connectivity index (χ0v) is 13.0. The average Bonchev–Trinajstić information content (AvgIpc) is 3.16. The van der Waals surface area contributed by atoms with Crippen molar-refractivity contribution >= 4 is 22.9 Å². The molecule has 3 rings (SSSR count). The molecule has 0 saturated carbocycles. The molecule has 1 aliphatic heterocycles. The zero-order chi connectivity index (χ0) is 17.1. The number of allylic oxidation sites excluding steroid dienone is 1. The van der Waals surface area contributed by atoms with Crippen molar-refractivity contribution in [2.24, 2.45) is 0 Å². The van der Waals surface area contributed by atoms with Gasteiger partial charge in [0.25, 0.3) is 0 Å². The maximum Gasteiger partial charge on any atom is 0.225 e. The van der Waals surface area contributed by atoms with Crippen LogP contribution < -0.4 is 5.32 Å². The maximum absolute atomic E-state index is 11.9. The Balaban J connectivity index is 1.84. The molecule has 0 aromatic carbocycles. The van der Waals surface area contributed by atoms with Crippen LogP contribution in [0.3, 0.4) is 0 Å². The van der Waals surface area contributed by atoms with E-state index in [1.54, 1.807) is 10.6 Å².